The second kappa shape index (κ2) is 19.8. The number of hydrogen-bond acceptors (Lipinski definition) is 3. The van der Waals surface area contributed by atoms with E-state index in [0.29, 0.717) is 11.3 Å². The van der Waals surface area contributed by atoms with Gasteiger partial charge in [0.15, 0.2) is 5.69 Å². The van der Waals surface area contributed by atoms with Crippen molar-refractivity contribution in [3.63, 3.8) is 0 Å². The standard InChI is InChI=1S/C74H58N4/c1-45-26-46(2)31-56(30-45)60-38-61(57-32-47(3)27-48(4)33-57)41-67(40-60)77(65-18-10-53(44-75)11-19-65)71-24-14-54-13-23-70-72(25-15-55-12-22-69(71)73(54)74(55)70)78(66-20-16-64(76-9)17-21-66)68-42-62(58-34-49(5)28-50(6)35-58)39-63(43-68)59-36-51(7)29-52(8)37-59/h10-43H,1-8H3. The van der Waals surface area contributed by atoms with Crippen molar-refractivity contribution in [3.8, 4) is 50.6 Å². The third-order valence-corrected chi connectivity index (χ3v) is 15.2. The summed E-state index contributed by atoms with van der Waals surface area (Å²) in [6, 6.07) is 77.7. The molecule has 78 heavy (non-hydrogen) atoms. The average molecular weight is 1000 g/mol. The lowest BCUT2D eigenvalue weighted by Gasteiger charge is -2.30. The molecule has 12 rings (SSSR count). The van der Waals surface area contributed by atoms with Gasteiger partial charge in [-0.3, -0.25) is 0 Å². The summed E-state index contributed by atoms with van der Waals surface area (Å²) in [5.74, 6) is 0. The molecule has 12 aromatic carbocycles. The Labute approximate surface area is 458 Å². The molecule has 12 aromatic rings. The zero-order chi connectivity index (χ0) is 53.9. The summed E-state index contributed by atoms with van der Waals surface area (Å²) in [6.07, 6.45) is 0. The average Bonchev–Trinajstić information content (AvgIpc) is 3.47. The van der Waals surface area contributed by atoms with Gasteiger partial charge in [-0.25, -0.2) is 4.85 Å². The van der Waals surface area contributed by atoms with Crippen LogP contribution in [0.3, 0.4) is 0 Å². The van der Waals surface area contributed by atoms with Crippen LogP contribution in [0.25, 0.3) is 81.7 Å². The monoisotopic (exact) mass is 1000 g/mol. The number of nitriles is 1. The van der Waals surface area contributed by atoms with Crippen molar-refractivity contribution in [2.24, 2.45) is 0 Å². The molecular weight excluding hydrogens is 945 g/mol. The molecule has 0 atom stereocenters. The fraction of sp³-hybridized carbons (Fsp3) is 0.108. The molecule has 0 aliphatic heterocycles. The van der Waals surface area contributed by atoms with E-state index in [2.05, 4.69) is 258 Å². The second-order valence-electron chi connectivity index (χ2n) is 21.6. The van der Waals surface area contributed by atoms with E-state index in [1.165, 1.54) is 66.4 Å². The Hall–Kier alpha value is -9.74. The Morgan fingerprint density at radius 2 is 0.615 bits per heavy atom. The summed E-state index contributed by atoms with van der Waals surface area (Å²) >= 11 is 0. The van der Waals surface area contributed by atoms with E-state index in [9.17, 15) is 5.26 Å². The molecule has 0 fully saturated rings. The Balaban J connectivity index is 1.12. The summed E-state index contributed by atoms with van der Waals surface area (Å²) < 4.78 is 0. The molecule has 0 N–H and O–H groups in total. The first-order valence-corrected chi connectivity index (χ1v) is 26.7. The van der Waals surface area contributed by atoms with Crippen molar-refractivity contribution in [1.29, 1.82) is 5.26 Å². The molecule has 0 bridgehead atoms. The first kappa shape index (κ1) is 49.2. The highest BCUT2D eigenvalue weighted by molar-refractivity contribution is 6.28. The minimum absolute atomic E-state index is 0.592. The van der Waals surface area contributed by atoms with E-state index in [0.717, 1.165) is 89.0 Å². The Kier molecular flexibility index (Phi) is 12.4. The topological polar surface area (TPSA) is 34.6 Å². The van der Waals surface area contributed by atoms with Gasteiger partial charge in [0.05, 0.1) is 29.6 Å². The SMILES string of the molecule is [C-]#[N+]c1ccc(N(c2cc(-c3cc(C)cc(C)c3)cc(-c3cc(C)cc(C)c3)c2)c2ccc3ccc4c(N(c5ccc(C#N)cc5)c5cc(-c6cc(C)cc(C)c6)cc(-c6cc(C)cc(C)c6)c5)ccc5ccc2c3c54)cc1. The number of aryl methyl sites for hydroxylation is 8. The number of hydrogen-bond donors (Lipinski definition) is 0. The summed E-state index contributed by atoms with van der Waals surface area (Å²) in [7, 11) is 0. The van der Waals surface area contributed by atoms with Crippen LogP contribution in [0.15, 0.2) is 206 Å². The molecule has 0 spiro atoms. The van der Waals surface area contributed by atoms with E-state index < -0.39 is 0 Å². The fourth-order valence-corrected chi connectivity index (χ4v) is 12.1. The molecule has 0 radical (unpaired) electrons. The smallest absolute Gasteiger partial charge is 0.187 e. The highest BCUT2D eigenvalue weighted by Gasteiger charge is 2.24. The highest BCUT2D eigenvalue weighted by atomic mass is 15.2. The number of rotatable bonds is 10. The number of nitrogens with zero attached hydrogens (tertiary/aromatic N) is 4. The second-order valence-corrected chi connectivity index (χ2v) is 21.6. The van der Waals surface area contributed by atoms with Crippen LogP contribution in [0, 0.1) is 73.3 Å². The maximum atomic E-state index is 10.0. The zero-order valence-corrected chi connectivity index (χ0v) is 45.4. The molecule has 0 saturated carbocycles. The van der Waals surface area contributed by atoms with Crippen molar-refractivity contribution in [3.05, 3.63) is 268 Å². The van der Waals surface area contributed by atoms with Crippen LogP contribution in [0.4, 0.5) is 39.8 Å². The van der Waals surface area contributed by atoms with Crippen LogP contribution in [-0.4, -0.2) is 0 Å². The van der Waals surface area contributed by atoms with Crippen molar-refractivity contribution in [2.45, 2.75) is 55.4 Å². The lowest BCUT2D eigenvalue weighted by molar-refractivity contribution is 1.29. The van der Waals surface area contributed by atoms with Gasteiger partial charge in [0.2, 0.25) is 0 Å². The van der Waals surface area contributed by atoms with Gasteiger partial charge in [0.1, 0.15) is 0 Å². The Morgan fingerprint density at radius 3 is 0.923 bits per heavy atom. The van der Waals surface area contributed by atoms with Crippen LogP contribution in [-0.2, 0) is 0 Å². The van der Waals surface area contributed by atoms with Crippen molar-refractivity contribution in [2.75, 3.05) is 9.80 Å². The summed E-state index contributed by atoms with van der Waals surface area (Å²) in [5.41, 5.74) is 26.1. The molecule has 0 aliphatic carbocycles. The van der Waals surface area contributed by atoms with Crippen LogP contribution < -0.4 is 9.80 Å². The van der Waals surface area contributed by atoms with Crippen molar-refractivity contribution in [1.82, 2.24) is 0 Å². The quantitative estimate of drug-likeness (QED) is 0.101. The van der Waals surface area contributed by atoms with Gasteiger partial charge in [-0.1, -0.05) is 166 Å². The lowest BCUT2D eigenvalue weighted by Crippen LogP contribution is -2.12. The molecule has 374 valence electrons. The van der Waals surface area contributed by atoms with Crippen LogP contribution in [0.1, 0.15) is 50.1 Å². The largest absolute Gasteiger partial charge is 0.310 e. The fourth-order valence-electron chi connectivity index (χ4n) is 12.1. The zero-order valence-electron chi connectivity index (χ0n) is 45.4. The van der Waals surface area contributed by atoms with E-state index >= 15 is 0 Å². The molecular formula is C74H58N4. The van der Waals surface area contributed by atoms with E-state index in [4.69, 9.17) is 6.57 Å². The van der Waals surface area contributed by atoms with Gasteiger partial charge >= 0.3 is 0 Å². The minimum Gasteiger partial charge on any atom is -0.310 e. The van der Waals surface area contributed by atoms with Crippen LogP contribution in [0.2, 0.25) is 0 Å². The lowest BCUT2D eigenvalue weighted by atomic mass is 9.91. The number of benzene rings is 12. The van der Waals surface area contributed by atoms with Crippen LogP contribution >= 0.6 is 0 Å². The van der Waals surface area contributed by atoms with Crippen LogP contribution in [0.5, 0.6) is 0 Å². The summed E-state index contributed by atoms with van der Waals surface area (Å²) in [4.78, 5) is 8.57. The van der Waals surface area contributed by atoms with E-state index in [-0.39, 0.29) is 0 Å². The van der Waals surface area contributed by atoms with Gasteiger partial charge in [-0.05, 0) is 206 Å². The van der Waals surface area contributed by atoms with Crippen molar-refractivity contribution >= 4 is 72.1 Å². The molecule has 0 saturated heterocycles. The number of anilines is 6. The van der Waals surface area contributed by atoms with Gasteiger partial charge in [0, 0.05) is 33.5 Å². The maximum Gasteiger partial charge on any atom is 0.187 e. The summed E-state index contributed by atoms with van der Waals surface area (Å²) in [5, 5.41) is 16.9. The first-order valence-electron chi connectivity index (χ1n) is 26.7. The molecule has 4 heteroatoms. The van der Waals surface area contributed by atoms with Gasteiger partial charge in [-0.15, -0.1) is 0 Å². The van der Waals surface area contributed by atoms with Crippen molar-refractivity contribution < 1.29 is 0 Å². The molecule has 4 nitrogen and oxygen atoms in total. The maximum absolute atomic E-state index is 10.0. The first-order chi connectivity index (χ1) is 37.7. The Bertz CT molecular complexity index is 3930. The normalized spacial score (nSPS) is 11.3. The third kappa shape index (κ3) is 9.29. The van der Waals surface area contributed by atoms with Gasteiger partial charge in [0.25, 0.3) is 0 Å². The Morgan fingerprint density at radius 1 is 0.321 bits per heavy atom. The van der Waals surface area contributed by atoms with E-state index in [1.54, 1.807) is 0 Å². The highest BCUT2D eigenvalue weighted by Crippen LogP contribution is 2.50. The predicted molar refractivity (Wildman–Crippen MR) is 330 cm³/mol. The molecule has 0 heterocycles. The minimum atomic E-state index is 0.592. The molecule has 0 aliphatic rings. The molecule has 0 unspecified atom stereocenters. The predicted octanol–water partition coefficient (Wildman–Crippen LogP) is 21.1. The van der Waals surface area contributed by atoms with Gasteiger partial charge < -0.3 is 9.80 Å². The molecule has 0 amide bonds. The van der Waals surface area contributed by atoms with E-state index in [1.807, 2.05) is 24.3 Å². The van der Waals surface area contributed by atoms with Gasteiger partial charge in [-0.2, -0.15) is 5.26 Å². The third-order valence-electron chi connectivity index (χ3n) is 15.2. The summed E-state index contributed by atoms with van der Waals surface area (Å²) in [6.45, 7) is 25.2. The molecule has 0 aromatic heterocycles.